The van der Waals surface area contributed by atoms with E-state index in [1.807, 2.05) is 25.1 Å². The molecule has 0 saturated carbocycles. The molecule has 0 spiro atoms. The lowest BCUT2D eigenvalue weighted by molar-refractivity contribution is 0.346. The Bertz CT molecular complexity index is 376. The van der Waals surface area contributed by atoms with Gasteiger partial charge in [0.1, 0.15) is 12.4 Å². The zero-order chi connectivity index (χ0) is 12.7. The third-order valence-corrected chi connectivity index (χ3v) is 2.88. The van der Waals surface area contributed by atoms with Gasteiger partial charge in [-0.15, -0.1) is 0 Å². The maximum absolute atomic E-state index is 5.74. The van der Waals surface area contributed by atoms with Crippen LogP contribution >= 0.6 is 15.9 Å². The molecule has 1 aromatic carbocycles. The zero-order valence-corrected chi connectivity index (χ0v) is 12.1. The lowest BCUT2D eigenvalue weighted by Gasteiger charge is -2.11. The van der Waals surface area contributed by atoms with Crippen molar-refractivity contribution >= 4 is 15.9 Å². The Balaban J connectivity index is 2.39. The molecule has 2 nitrogen and oxygen atoms in total. The highest BCUT2D eigenvalue weighted by molar-refractivity contribution is 9.10. The normalized spacial score (nSPS) is 10.3. The second-order valence-electron chi connectivity index (χ2n) is 4.13. The number of rotatable bonds is 7. The summed E-state index contributed by atoms with van der Waals surface area (Å²) in [7, 11) is 0. The summed E-state index contributed by atoms with van der Waals surface area (Å²) < 4.78 is 6.78. The molecule has 94 valence electrons. The van der Waals surface area contributed by atoms with Gasteiger partial charge >= 0.3 is 0 Å². The van der Waals surface area contributed by atoms with Gasteiger partial charge in [0.25, 0.3) is 0 Å². The van der Waals surface area contributed by atoms with E-state index in [1.165, 1.54) is 0 Å². The van der Waals surface area contributed by atoms with Gasteiger partial charge in [-0.3, -0.25) is 0 Å². The average Bonchev–Trinajstić information content (AvgIpc) is 2.31. The fourth-order valence-corrected chi connectivity index (χ4v) is 1.74. The van der Waals surface area contributed by atoms with Crippen LogP contribution in [0.5, 0.6) is 5.75 Å². The van der Waals surface area contributed by atoms with Crippen LogP contribution in [0.2, 0.25) is 0 Å². The number of ether oxygens (including phenoxy) is 1. The summed E-state index contributed by atoms with van der Waals surface area (Å²) in [5, 5.41) is 3.31. The summed E-state index contributed by atoms with van der Waals surface area (Å²) in [5.74, 6) is 0.913. The van der Waals surface area contributed by atoms with Crippen LogP contribution in [0.4, 0.5) is 0 Å². The molecule has 0 unspecified atom stereocenters. The molecule has 0 aliphatic rings. The first kappa shape index (κ1) is 14.3. The van der Waals surface area contributed by atoms with Crippen molar-refractivity contribution in [1.29, 1.82) is 0 Å². The van der Waals surface area contributed by atoms with E-state index < -0.39 is 0 Å². The van der Waals surface area contributed by atoms with E-state index in [-0.39, 0.29) is 0 Å². The first-order chi connectivity index (χ1) is 8.13. The number of nitrogens with one attached hydrogen (secondary N) is 1. The Labute approximate surface area is 112 Å². The molecule has 0 fully saturated rings. The fraction of sp³-hybridized carbons (Fsp3) is 0.429. The number of benzene rings is 1. The minimum Gasteiger partial charge on any atom is -0.489 e. The summed E-state index contributed by atoms with van der Waals surface area (Å²) in [4.78, 5) is 0. The van der Waals surface area contributed by atoms with Crippen molar-refractivity contribution in [3.63, 3.8) is 0 Å². The van der Waals surface area contributed by atoms with Gasteiger partial charge in [-0.05, 0) is 43.2 Å². The van der Waals surface area contributed by atoms with Gasteiger partial charge in [0.15, 0.2) is 0 Å². The Morgan fingerprint density at radius 1 is 1.47 bits per heavy atom. The maximum Gasteiger partial charge on any atom is 0.123 e. The van der Waals surface area contributed by atoms with Crippen molar-refractivity contribution in [2.75, 3.05) is 19.7 Å². The first-order valence-electron chi connectivity index (χ1n) is 5.89. The third-order valence-electron chi connectivity index (χ3n) is 2.38. The van der Waals surface area contributed by atoms with Gasteiger partial charge in [-0.25, -0.2) is 0 Å². The van der Waals surface area contributed by atoms with Crippen LogP contribution in [0.3, 0.4) is 0 Å². The molecule has 1 aromatic rings. The molecule has 0 saturated heterocycles. The highest BCUT2D eigenvalue weighted by Crippen LogP contribution is 2.23. The second kappa shape index (κ2) is 7.51. The van der Waals surface area contributed by atoms with Crippen molar-refractivity contribution in [1.82, 2.24) is 5.32 Å². The highest BCUT2D eigenvalue weighted by Gasteiger charge is 2.01. The van der Waals surface area contributed by atoms with Gasteiger partial charge in [-0.1, -0.05) is 35.5 Å². The Morgan fingerprint density at radius 2 is 2.24 bits per heavy atom. The molecule has 1 rings (SSSR count). The Hall–Kier alpha value is -0.800. The summed E-state index contributed by atoms with van der Waals surface area (Å²) in [6.07, 6.45) is 1.14. The van der Waals surface area contributed by atoms with Crippen molar-refractivity contribution < 1.29 is 4.74 Å². The summed E-state index contributed by atoms with van der Waals surface area (Å²) in [6.45, 7) is 10.6. The van der Waals surface area contributed by atoms with Gasteiger partial charge in [0.05, 0.1) is 0 Å². The number of hydrogen-bond donors (Lipinski definition) is 1. The largest absolute Gasteiger partial charge is 0.489 e. The van der Waals surface area contributed by atoms with E-state index in [0.717, 1.165) is 40.9 Å². The molecule has 3 heteroatoms. The van der Waals surface area contributed by atoms with E-state index in [0.29, 0.717) is 6.61 Å². The minimum atomic E-state index is 0.563. The van der Waals surface area contributed by atoms with Crippen LogP contribution in [-0.4, -0.2) is 19.7 Å². The standard InChI is InChI=1S/C14H20BrNO/c1-4-7-16-9-11(2)10-17-14-8-13(15)6-5-12(14)3/h5-6,8,16H,2,4,7,9-10H2,1,3H3. The van der Waals surface area contributed by atoms with E-state index in [4.69, 9.17) is 4.74 Å². The van der Waals surface area contributed by atoms with E-state index in [9.17, 15) is 0 Å². The maximum atomic E-state index is 5.74. The van der Waals surface area contributed by atoms with Gasteiger partial charge in [0, 0.05) is 11.0 Å². The summed E-state index contributed by atoms with van der Waals surface area (Å²) in [5.41, 5.74) is 2.21. The Kier molecular flexibility index (Phi) is 6.30. The molecule has 0 bridgehead atoms. The fourth-order valence-electron chi connectivity index (χ4n) is 1.40. The molecule has 17 heavy (non-hydrogen) atoms. The van der Waals surface area contributed by atoms with Crippen LogP contribution in [0.1, 0.15) is 18.9 Å². The van der Waals surface area contributed by atoms with Gasteiger partial charge in [-0.2, -0.15) is 0 Å². The van der Waals surface area contributed by atoms with Crippen molar-refractivity contribution in [2.45, 2.75) is 20.3 Å². The summed E-state index contributed by atoms with van der Waals surface area (Å²) >= 11 is 3.44. The minimum absolute atomic E-state index is 0.563. The Morgan fingerprint density at radius 3 is 2.94 bits per heavy atom. The van der Waals surface area contributed by atoms with Crippen LogP contribution < -0.4 is 10.1 Å². The smallest absolute Gasteiger partial charge is 0.123 e. The van der Waals surface area contributed by atoms with Crippen molar-refractivity contribution in [3.8, 4) is 5.75 Å². The zero-order valence-electron chi connectivity index (χ0n) is 10.6. The molecular formula is C14H20BrNO. The lowest BCUT2D eigenvalue weighted by atomic mass is 10.2. The molecule has 1 N–H and O–H groups in total. The quantitative estimate of drug-likeness (QED) is 0.612. The predicted molar refractivity (Wildman–Crippen MR) is 76.7 cm³/mol. The van der Waals surface area contributed by atoms with E-state index in [2.05, 4.69) is 34.7 Å². The third kappa shape index (κ3) is 5.37. The second-order valence-corrected chi connectivity index (χ2v) is 5.04. The van der Waals surface area contributed by atoms with Gasteiger partial charge < -0.3 is 10.1 Å². The first-order valence-corrected chi connectivity index (χ1v) is 6.69. The molecule has 0 aliphatic heterocycles. The monoisotopic (exact) mass is 297 g/mol. The average molecular weight is 298 g/mol. The van der Waals surface area contributed by atoms with Gasteiger partial charge in [0.2, 0.25) is 0 Å². The highest BCUT2D eigenvalue weighted by atomic mass is 79.9. The molecule has 0 atom stereocenters. The topological polar surface area (TPSA) is 21.3 Å². The van der Waals surface area contributed by atoms with Crippen LogP contribution in [0.25, 0.3) is 0 Å². The van der Waals surface area contributed by atoms with Crippen LogP contribution in [0.15, 0.2) is 34.8 Å². The molecule has 0 heterocycles. The number of hydrogen-bond acceptors (Lipinski definition) is 2. The van der Waals surface area contributed by atoms with Crippen molar-refractivity contribution in [3.05, 3.63) is 40.4 Å². The van der Waals surface area contributed by atoms with E-state index in [1.54, 1.807) is 0 Å². The van der Waals surface area contributed by atoms with Crippen LogP contribution in [-0.2, 0) is 0 Å². The van der Waals surface area contributed by atoms with E-state index >= 15 is 0 Å². The molecular weight excluding hydrogens is 278 g/mol. The molecule has 0 amide bonds. The summed E-state index contributed by atoms with van der Waals surface area (Å²) in [6, 6.07) is 6.04. The number of aryl methyl sites for hydroxylation is 1. The predicted octanol–water partition coefficient (Wildman–Crippen LogP) is 3.69. The molecule has 0 aliphatic carbocycles. The SMILES string of the molecule is C=C(CNCCC)COc1cc(Br)ccc1C. The number of halogens is 1. The molecule has 0 aromatic heterocycles. The van der Waals surface area contributed by atoms with Crippen LogP contribution in [0, 0.1) is 6.92 Å². The lowest BCUT2D eigenvalue weighted by Crippen LogP contribution is -2.20. The van der Waals surface area contributed by atoms with Crippen molar-refractivity contribution in [2.24, 2.45) is 0 Å². The molecule has 0 radical (unpaired) electrons.